The Morgan fingerprint density at radius 2 is 1.75 bits per heavy atom. The van der Waals surface area contributed by atoms with Crippen LogP contribution in [0, 0.1) is 0 Å². The molecule has 2 aliphatic rings. The molecule has 14 heteroatoms. The van der Waals surface area contributed by atoms with Gasteiger partial charge in [-0.25, -0.2) is 9.97 Å². The van der Waals surface area contributed by atoms with Gasteiger partial charge >= 0.3 is 6.36 Å². The number of rotatable bonds is 9. The molecule has 1 aliphatic carbocycles. The van der Waals surface area contributed by atoms with Crippen LogP contribution >= 0.6 is 0 Å². The summed E-state index contributed by atoms with van der Waals surface area (Å²) in [5.74, 6) is -1.23. The number of ether oxygens (including phenoxy) is 1. The summed E-state index contributed by atoms with van der Waals surface area (Å²) < 4.78 is 46.9. The number of aryl methyl sites for hydroxylation is 4. The molecule has 0 spiro atoms. The molecule has 270 valence electrons. The van der Waals surface area contributed by atoms with Gasteiger partial charge in [-0.1, -0.05) is 32.0 Å². The Balaban J connectivity index is 1.29. The monoisotopic (exact) mass is 704 g/mol. The lowest BCUT2D eigenvalue weighted by atomic mass is 10.0. The lowest BCUT2D eigenvalue weighted by molar-refractivity contribution is -0.274. The second kappa shape index (κ2) is 14.7. The van der Waals surface area contributed by atoms with Crippen LogP contribution in [-0.2, 0) is 32.7 Å². The molecule has 0 saturated carbocycles. The number of nitrogens with zero attached hydrogens (tertiary/aromatic N) is 6. The predicted molar refractivity (Wildman–Crippen MR) is 188 cm³/mol. The Kier molecular flexibility index (Phi) is 10.3. The first-order chi connectivity index (χ1) is 24.4. The van der Waals surface area contributed by atoms with E-state index in [4.69, 9.17) is 4.98 Å². The minimum Gasteiger partial charge on any atom is -0.404 e. The van der Waals surface area contributed by atoms with Crippen molar-refractivity contribution in [3.8, 4) is 17.1 Å². The number of para-hydroxylation sites is 1. The third kappa shape index (κ3) is 7.70. The van der Waals surface area contributed by atoms with E-state index < -0.39 is 12.1 Å². The van der Waals surface area contributed by atoms with E-state index in [1.165, 1.54) is 12.1 Å². The van der Waals surface area contributed by atoms with Crippen LogP contribution < -0.4 is 15.4 Å². The fraction of sp³-hybridized carbons (Fsp3) is 0.432. The first-order valence-electron chi connectivity index (χ1n) is 17.3. The zero-order valence-corrected chi connectivity index (χ0v) is 29.5. The molecule has 1 saturated heterocycles. The first kappa shape index (κ1) is 35.8. The van der Waals surface area contributed by atoms with Crippen molar-refractivity contribution in [1.29, 1.82) is 0 Å². The van der Waals surface area contributed by atoms with Crippen molar-refractivity contribution in [1.82, 2.24) is 29.5 Å². The molecule has 1 fully saturated rings. The van der Waals surface area contributed by atoms with Gasteiger partial charge in [-0.2, -0.15) is 5.10 Å². The van der Waals surface area contributed by atoms with E-state index in [2.05, 4.69) is 30.4 Å². The molecule has 0 unspecified atom stereocenters. The number of nitrogens with one attached hydrogen (secondary N) is 2. The quantitative estimate of drug-likeness (QED) is 0.202. The molecular formula is C37H43F3N8O3. The van der Waals surface area contributed by atoms with E-state index in [1.807, 2.05) is 46.1 Å². The highest BCUT2D eigenvalue weighted by molar-refractivity contribution is 6.05. The van der Waals surface area contributed by atoms with E-state index >= 15 is 0 Å². The topological polar surface area (TPSA) is 118 Å². The Morgan fingerprint density at radius 1 is 1.04 bits per heavy atom. The molecule has 4 aromatic rings. The van der Waals surface area contributed by atoms with Crippen molar-refractivity contribution in [3.63, 3.8) is 0 Å². The van der Waals surface area contributed by atoms with Crippen molar-refractivity contribution in [2.24, 2.45) is 7.05 Å². The highest BCUT2D eigenvalue weighted by atomic mass is 19.4. The van der Waals surface area contributed by atoms with Crippen LogP contribution in [0.1, 0.15) is 76.2 Å². The van der Waals surface area contributed by atoms with Crippen LogP contribution in [0.3, 0.4) is 0 Å². The van der Waals surface area contributed by atoms with E-state index in [9.17, 15) is 22.8 Å². The van der Waals surface area contributed by atoms with Crippen LogP contribution in [0.15, 0.2) is 42.6 Å². The third-order valence-electron chi connectivity index (χ3n) is 9.74. The molecule has 2 aromatic carbocycles. The third-order valence-corrected chi connectivity index (χ3v) is 9.74. The highest BCUT2D eigenvalue weighted by Crippen LogP contribution is 2.37. The number of hydrogen-bond donors (Lipinski definition) is 2. The molecule has 1 aliphatic heterocycles. The maximum absolute atomic E-state index is 13.8. The van der Waals surface area contributed by atoms with Gasteiger partial charge in [0.25, 0.3) is 11.8 Å². The minimum absolute atomic E-state index is 0.0233. The summed E-state index contributed by atoms with van der Waals surface area (Å²) in [5, 5.41) is 10.6. The van der Waals surface area contributed by atoms with Crippen LogP contribution in [0.4, 0.5) is 30.5 Å². The van der Waals surface area contributed by atoms with Crippen LogP contribution in [0.2, 0.25) is 0 Å². The van der Waals surface area contributed by atoms with Crippen molar-refractivity contribution in [2.45, 2.75) is 71.2 Å². The number of piperidine rings is 1. The fourth-order valence-corrected chi connectivity index (χ4v) is 7.03. The SMILES string of the molecule is CCc1cccc(CC)c1NC(=O)c1nn(C)c2c1CCCc1cnc(Nc3ccc(C(=O)N4CCC(N(C)C)CC4)cc3OC(F)(F)F)nc1-2. The van der Waals surface area contributed by atoms with Gasteiger partial charge in [0.15, 0.2) is 11.4 Å². The first-order valence-corrected chi connectivity index (χ1v) is 17.3. The highest BCUT2D eigenvalue weighted by Gasteiger charge is 2.34. The lowest BCUT2D eigenvalue weighted by Crippen LogP contribution is -2.44. The van der Waals surface area contributed by atoms with Gasteiger partial charge in [0.1, 0.15) is 0 Å². The zero-order chi connectivity index (χ0) is 36.4. The van der Waals surface area contributed by atoms with E-state index in [0.29, 0.717) is 49.1 Å². The summed E-state index contributed by atoms with van der Waals surface area (Å²) in [4.78, 5) is 40.0. The van der Waals surface area contributed by atoms with Crippen LogP contribution in [0.25, 0.3) is 11.4 Å². The van der Waals surface area contributed by atoms with Crippen LogP contribution in [-0.4, -0.2) is 81.0 Å². The second-order valence-corrected chi connectivity index (χ2v) is 13.2. The van der Waals surface area contributed by atoms with Crippen LogP contribution in [0.5, 0.6) is 5.75 Å². The van der Waals surface area contributed by atoms with Gasteiger partial charge in [0, 0.05) is 49.2 Å². The summed E-state index contributed by atoms with van der Waals surface area (Å²) in [5.41, 5.74) is 5.94. The number of aromatic nitrogens is 4. The number of fused-ring (bicyclic) bond motifs is 3. The lowest BCUT2D eigenvalue weighted by Gasteiger charge is -2.35. The predicted octanol–water partition coefficient (Wildman–Crippen LogP) is 6.55. The Hall–Kier alpha value is -4.98. The maximum atomic E-state index is 13.8. The maximum Gasteiger partial charge on any atom is 0.573 e. The number of likely N-dealkylation sites (tertiary alicyclic amines) is 1. The number of amides is 2. The van der Waals surface area contributed by atoms with Crippen molar-refractivity contribution in [3.05, 3.63) is 76.1 Å². The molecule has 6 rings (SSSR count). The summed E-state index contributed by atoms with van der Waals surface area (Å²) in [6.07, 6.45) is 1.63. The molecule has 0 atom stereocenters. The van der Waals surface area contributed by atoms with Gasteiger partial charge in [-0.05, 0) is 93.9 Å². The number of hydrogen-bond acceptors (Lipinski definition) is 8. The molecule has 2 amide bonds. The average Bonchev–Trinajstić information content (AvgIpc) is 3.31. The smallest absolute Gasteiger partial charge is 0.404 e. The van der Waals surface area contributed by atoms with Gasteiger partial charge in [0.2, 0.25) is 5.95 Å². The van der Waals surface area contributed by atoms with Gasteiger partial charge in [-0.15, -0.1) is 13.2 Å². The van der Waals surface area contributed by atoms with Gasteiger partial charge in [0.05, 0.1) is 17.1 Å². The molecule has 2 aromatic heterocycles. The Labute approximate surface area is 295 Å². The van der Waals surface area contributed by atoms with E-state index in [0.717, 1.165) is 66.1 Å². The number of carbonyl (C=O) groups excluding carboxylic acids is 2. The summed E-state index contributed by atoms with van der Waals surface area (Å²) in [7, 11) is 5.72. The summed E-state index contributed by atoms with van der Waals surface area (Å²) in [6, 6.07) is 10.3. The average molecular weight is 705 g/mol. The van der Waals surface area contributed by atoms with Crippen molar-refractivity contribution >= 4 is 29.1 Å². The Morgan fingerprint density at radius 3 is 2.39 bits per heavy atom. The van der Waals surface area contributed by atoms with Gasteiger partial charge in [-0.3, -0.25) is 14.3 Å². The number of carbonyl (C=O) groups is 2. The van der Waals surface area contributed by atoms with Crippen molar-refractivity contribution < 1.29 is 27.5 Å². The normalized spacial score (nSPS) is 14.9. The minimum atomic E-state index is -5.01. The molecule has 0 bridgehead atoms. The molecule has 0 radical (unpaired) electrons. The van der Waals surface area contributed by atoms with Crippen molar-refractivity contribution in [2.75, 3.05) is 37.8 Å². The summed E-state index contributed by atoms with van der Waals surface area (Å²) in [6.45, 7) is 5.10. The molecule has 3 heterocycles. The molecule has 51 heavy (non-hydrogen) atoms. The number of halogens is 3. The largest absolute Gasteiger partial charge is 0.573 e. The number of benzene rings is 2. The fourth-order valence-electron chi connectivity index (χ4n) is 7.03. The molecular weight excluding hydrogens is 661 g/mol. The summed E-state index contributed by atoms with van der Waals surface area (Å²) >= 11 is 0. The van der Waals surface area contributed by atoms with E-state index in [1.54, 1.807) is 22.8 Å². The second-order valence-electron chi connectivity index (χ2n) is 13.2. The zero-order valence-electron chi connectivity index (χ0n) is 29.5. The Bertz CT molecular complexity index is 1910. The number of alkyl halides is 3. The standard InChI is InChI=1S/C37H43F3N8O3/c1-6-22-10-8-11-23(7-2)30(22)43-34(49)32-27-13-9-12-25-21-41-36(44-31(25)33(27)47(5)45-32)42-28-15-14-24(20-29(28)51-37(38,39)40)35(50)48-18-16-26(17-19-48)46(3)4/h8,10-11,14-15,20-21,26H,6-7,9,12-13,16-19H2,1-5H3,(H,43,49)(H,41,42,44). The van der Waals surface area contributed by atoms with Gasteiger partial charge < -0.3 is 25.2 Å². The van der Waals surface area contributed by atoms with E-state index in [-0.39, 0.29) is 29.0 Å². The number of anilines is 3. The molecule has 11 nitrogen and oxygen atoms in total. The molecule has 2 N–H and O–H groups in total.